The van der Waals surface area contributed by atoms with Crippen LogP contribution < -0.4 is 0 Å². The van der Waals surface area contributed by atoms with E-state index < -0.39 is 0 Å². The van der Waals surface area contributed by atoms with Crippen molar-refractivity contribution < 1.29 is 0 Å². The van der Waals surface area contributed by atoms with E-state index in [1.54, 1.807) is 0 Å². The Morgan fingerprint density at radius 2 is 2.29 bits per heavy atom. The number of aryl methyl sites for hydroxylation is 1. The predicted octanol–water partition coefficient (Wildman–Crippen LogP) is 3.60. The van der Waals surface area contributed by atoms with Gasteiger partial charge in [-0.05, 0) is 34.5 Å². The summed E-state index contributed by atoms with van der Waals surface area (Å²) in [6.45, 7) is 3.25. The number of rotatable bonds is 3. The van der Waals surface area contributed by atoms with Crippen molar-refractivity contribution in [2.75, 3.05) is 0 Å². The highest BCUT2D eigenvalue weighted by Gasteiger charge is 2.04. The normalized spacial score (nSPS) is 11.0. The van der Waals surface area contributed by atoms with Crippen molar-refractivity contribution in [2.24, 2.45) is 0 Å². The molecule has 0 atom stereocenters. The Labute approximate surface area is 92.1 Å². The molecule has 74 valence electrons. The Balaban J connectivity index is 2.45. The van der Waals surface area contributed by atoms with Crippen molar-refractivity contribution in [1.82, 2.24) is 9.55 Å². The number of para-hydroxylation sites is 1. The van der Waals surface area contributed by atoms with Gasteiger partial charge in [0.1, 0.15) is 0 Å². The fourth-order valence-corrected chi connectivity index (χ4v) is 2.16. The molecule has 0 N–H and O–H groups in total. The molecule has 0 fully saturated rings. The zero-order chi connectivity index (χ0) is 9.97. The molecule has 3 heteroatoms. The number of nitrogens with zero attached hydrogens (tertiary/aromatic N) is 2. The number of imidazole rings is 1. The Hall–Kier alpha value is -0.830. The van der Waals surface area contributed by atoms with Crippen LogP contribution in [-0.2, 0) is 6.54 Å². The van der Waals surface area contributed by atoms with Crippen LogP contribution in [-0.4, -0.2) is 9.55 Å². The molecular weight excluding hydrogens is 240 g/mol. The smallest absolute Gasteiger partial charge is 0.0958 e. The van der Waals surface area contributed by atoms with E-state index in [0.717, 1.165) is 16.5 Å². The highest BCUT2D eigenvalue weighted by atomic mass is 79.9. The van der Waals surface area contributed by atoms with Gasteiger partial charge in [0.2, 0.25) is 0 Å². The molecule has 0 bridgehead atoms. The maximum Gasteiger partial charge on any atom is 0.0958 e. The van der Waals surface area contributed by atoms with E-state index in [0.29, 0.717) is 0 Å². The monoisotopic (exact) mass is 252 g/mol. The average Bonchev–Trinajstić information content (AvgIpc) is 2.59. The first-order valence-corrected chi connectivity index (χ1v) is 5.71. The van der Waals surface area contributed by atoms with E-state index in [2.05, 4.69) is 38.5 Å². The van der Waals surface area contributed by atoms with Gasteiger partial charge in [0.25, 0.3) is 0 Å². The summed E-state index contributed by atoms with van der Waals surface area (Å²) in [6.07, 6.45) is 4.34. The number of unbranched alkanes of at least 4 members (excludes halogenated alkanes) is 1. The second kappa shape index (κ2) is 4.13. The maximum atomic E-state index is 4.37. The van der Waals surface area contributed by atoms with Gasteiger partial charge >= 0.3 is 0 Å². The molecule has 1 heterocycles. The molecule has 0 saturated carbocycles. The van der Waals surface area contributed by atoms with Crippen molar-refractivity contribution in [2.45, 2.75) is 26.3 Å². The predicted molar refractivity (Wildman–Crippen MR) is 62.3 cm³/mol. The summed E-state index contributed by atoms with van der Waals surface area (Å²) >= 11 is 3.56. The summed E-state index contributed by atoms with van der Waals surface area (Å²) in [7, 11) is 0. The van der Waals surface area contributed by atoms with Gasteiger partial charge in [0.05, 0.1) is 17.4 Å². The van der Waals surface area contributed by atoms with Gasteiger partial charge in [0, 0.05) is 11.0 Å². The van der Waals surface area contributed by atoms with Crippen LogP contribution in [0.1, 0.15) is 19.8 Å². The minimum absolute atomic E-state index is 1.05. The fraction of sp³-hybridized carbons (Fsp3) is 0.364. The Morgan fingerprint density at radius 3 is 3.07 bits per heavy atom. The number of benzene rings is 1. The van der Waals surface area contributed by atoms with Crippen LogP contribution in [0.4, 0.5) is 0 Å². The van der Waals surface area contributed by atoms with Crippen LogP contribution in [0.3, 0.4) is 0 Å². The van der Waals surface area contributed by atoms with Gasteiger partial charge in [-0.15, -0.1) is 0 Å². The minimum atomic E-state index is 1.05. The SMILES string of the molecule is CCCCn1cnc2cccc(Br)c21. The van der Waals surface area contributed by atoms with E-state index in [4.69, 9.17) is 0 Å². The van der Waals surface area contributed by atoms with Crippen LogP contribution in [0.25, 0.3) is 11.0 Å². The second-order valence-electron chi connectivity index (χ2n) is 3.40. The molecule has 0 radical (unpaired) electrons. The van der Waals surface area contributed by atoms with Crippen LogP contribution >= 0.6 is 15.9 Å². The van der Waals surface area contributed by atoms with Crippen LogP contribution in [0.5, 0.6) is 0 Å². The molecule has 2 aromatic rings. The van der Waals surface area contributed by atoms with Gasteiger partial charge in [0.15, 0.2) is 0 Å². The van der Waals surface area contributed by atoms with Gasteiger partial charge < -0.3 is 4.57 Å². The standard InChI is InChI=1S/C11H13BrN2/c1-2-3-7-14-8-13-10-6-4-5-9(12)11(10)14/h4-6,8H,2-3,7H2,1H3. The van der Waals surface area contributed by atoms with E-state index >= 15 is 0 Å². The van der Waals surface area contributed by atoms with Crippen molar-refractivity contribution in [3.63, 3.8) is 0 Å². The lowest BCUT2D eigenvalue weighted by Crippen LogP contribution is -1.95. The molecule has 1 aromatic carbocycles. The first kappa shape index (κ1) is 9.71. The minimum Gasteiger partial charge on any atom is -0.330 e. The van der Waals surface area contributed by atoms with E-state index in [1.165, 1.54) is 18.4 Å². The molecule has 0 saturated heterocycles. The van der Waals surface area contributed by atoms with Crippen LogP contribution in [0, 0.1) is 0 Å². The molecule has 0 aliphatic rings. The largest absolute Gasteiger partial charge is 0.330 e. The third-order valence-corrected chi connectivity index (χ3v) is 2.98. The Morgan fingerprint density at radius 1 is 1.43 bits per heavy atom. The fourth-order valence-electron chi connectivity index (χ4n) is 1.58. The number of hydrogen-bond acceptors (Lipinski definition) is 1. The lowest BCUT2D eigenvalue weighted by Gasteiger charge is -2.03. The highest BCUT2D eigenvalue weighted by molar-refractivity contribution is 9.10. The molecule has 0 amide bonds. The molecule has 0 unspecified atom stereocenters. The van der Waals surface area contributed by atoms with E-state index in [1.807, 2.05) is 18.5 Å². The third-order valence-electron chi connectivity index (χ3n) is 2.34. The van der Waals surface area contributed by atoms with Crippen LogP contribution in [0.15, 0.2) is 29.0 Å². The van der Waals surface area contributed by atoms with Crippen molar-refractivity contribution >= 4 is 27.0 Å². The molecule has 1 aromatic heterocycles. The van der Waals surface area contributed by atoms with Crippen LogP contribution in [0.2, 0.25) is 0 Å². The zero-order valence-corrected chi connectivity index (χ0v) is 9.79. The lowest BCUT2D eigenvalue weighted by atomic mass is 10.3. The number of halogens is 1. The van der Waals surface area contributed by atoms with Crippen molar-refractivity contribution in [1.29, 1.82) is 0 Å². The number of hydrogen-bond donors (Lipinski definition) is 0. The van der Waals surface area contributed by atoms with E-state index in [-0.39, 0.29) is 0 Å². The van der Waals surface area contributed by atoms with Gasteiger partial charge in [-0.1, -0.05) is 19.4 Å². The molecule has 0 aliphatic heterocycles. The molecule has 2 nitrogen and oxygen atoms in total. The first-order valence-electron chi connectivity index (χ1n) is 4.92. The summed E-state index contributed by atoms with van der Waals surface area (Å²) < 4.78 is 3.34. The highest BCUT2D eigenvalue weighted by Crippen LogP contribution is 2.23. The maximum absolute atomic E-state index is 4.37. The lowest BCUT2D eigenvalue weighted by molar-refractivity contribution is 0.645. The topological polar surface area (TPSA) is 17.8 Å². The molecule has 14 heavy (non-hydrogen) atoms. The summed E-state index contributed by atoms with van der Waals surface area (Å²) in [6, 6.07) is 6.12. The number of fused-ring (bicyclic) bond motifs is 1. The van der Waals surface area contributed by atoms with E-state index in [9.17, 15) is 0 Å². The molecular formula is C11H13BrN2. The van der Waals surface area contributed by atoms with Gasteiger partial charge in [-0.3, -0.25) is 0 Å². The summed E-state index contributed by atoms with van der Waals surface area (Å²) in [5.41, 5.74) is 2.27. The third kappa shape index (κ3) is 1.69. The zero-order valence-electron chi connectivity index (χ0n) is 8.20. The summed E-state index contributed by atoms with van der Waals surface area (Å²) in [5, 5.41) is 0. The number of aromatic nitrogens is 2. The molecule has 2 rings (SSSR count). The quantitative estimate of drug-likeness (QED) is 0.817. The van der Waals surface area contributed by atoms with Crippen molar-refractivity contribution in [3.05, 3.63) is 29.0 Å². The average molecular weight is 253 g/mol. The summed E-state index contributed by atoms with van der Waals surface area (Å²) in [5.74, 6) is 0. The first-order chi connectivity index (χ1) is 6.83. The van der Waals surface area contributed by atoms with Gasteiger partial charge in [-0.25, -0.2) is 4.98 Å². The second-order valence-corrected chi connectivity index (χ2v) is 4.25. The molecule has 0 aliphatic carbocycles. The Kier molecular flexibility index (Phi) is 2.87. The Bertz CT molecular complexity index is 434. The van der Waals surface area contributed by atoms with Crippen molar-refractivity contribution in [3.8, 4) is 0 Å². The molecule has 0 spiro atoms. The van der Waals surface area contributed by atoms with Gasteiger partial charge in [-0.2, -0.15) is 0 Å². The summed E-state index contributed by atoms with van der Waals surface area (Å²) in [4.78, 5) is 4.37.